The molecule has 0 radical (unpaired) electrons. The molecular weight excluding hydrogens is 556 g/mol. The quantitative estimate of drug-likeness (QED) is 0.263. The molecule has 232 valence electrons. The number of aromatic nitrogens is 3. The van der Waals surface area contributed by atoms with Gasteiger partial charge < -0.3 is 34.1 Å². The molecule has 2 aromatic carbocycles. The summed E-state index contributed by atoms with van der Waals surface area (Å²) in [4.78, 5) is 19.8. The third kappa shape index (κ3) is 6.57. The number of rotatable bonds is 10. The van der Waals surface area contributed by atoms with Gasteiger partial charge in [-0.3, -0.25) is 0 Å². The maximum Gasteiger partial charge on any atom is 0.229 e. The summed E-state index contributed by atoms with van der Waals surface area (Å²) in [5.41, 5.74) is 4.91. The number of nitrogens with one attached hydrogen (secondary N) is 1. The van der Waals surface area contributed by atoms with Crippen molar-refractivity contribution in [2.24, 2.45) is 0 Å². The van der Waals surface area contributed by atoms with E-state index in [9.17, 15) is 0 Å². The van der Waals surface area contributed by atoms with E-state index in [2.05, 4.69) is 65.4 Å². The minimum atomic E-state index is 0.181. The fourth-order valence-electron chi connectivity index (χ4n) is 5.88. The van der Waals surface area contributed by atoms with Crippen molar-refractivity contribution in [3.05, 3.63) is 65.7 Å². The smallest absolute Gasteiger partial charge is 0.229 e. The molecule has 2 saturated heterocycles. The summed E-state index contributed by atoms with van der Waals surface area (Å²) in [5.74, 6) is 3.33. The SMILES string of the molecule is COc1ccc(CCNCc2cc(-c3ccc4c(N5CCOC[C@@H]5C)nc(N5CCOC[C@@H]5C)nc4n3)ccc2OC)cc1. The number of ether oxygens (including phenoxy) is 4. The summed E-state index contributed by atoms with van der Waals surface area (Å²) in [5, 5.41) is 4.52. The normalized spacial score (nSPS) is 18.9. The Morgan fingerprint density at radius 2 is 1.59 bits per heavy atom. The second-order valence-corrected chi connectivity index (χ2v) is 11.5. The molecule has 0 amide bonds. The monoisotopic (exact) mass is 598 g/mol. The van der Waals surface area contributed by atoms with Crippen LogP contribution in [-0.2, 0) is 22.4 Å². The molecule has 44 heavy (non-hydrogen) atoms. The molecule has 2 aromatic heterocycles. The fourth-order valence-corrected chi connectivity index (χ4v) is 5.88. The maximum absolute atomic E-state index is 5.73. The molecule has 0 aliphatic carbocycles. The van der Waals surface area contributed by atoms with Crippen LogP contribution < -0.4 is 24.6 Å². The molecule has 10 nitrogen and oxygen atoms in total. The average molecular weight is 599 g/mol. The highest BCUT2D eigenvalue weighted by molar-refractivity contribution is 5.90. The van der Waals surface area contributed by atoms with Crippen LogP contribution in [0.2, 0.25) is 0 Å². The van der Waals surface area contributed by atoms with Crippen molar-refractivity contribution >= 4 is 22.8 Å². The highest BCUT2D eigenvalue weighted by Gasteiger charge is 2.27. The number of benzene rings is 2. The average Bonchev–Trinajstić information content (AvgIpc) is 3.06. The van der Waals surface area contributed by atoms with Crippen molar-refractivity contribution in [2.75, 3.05) is 70.1 Å². The predicted molar refractivity (Wildman–Crippen MR) is 173 cm³/mol. The molecule has 4 aromatic rings. The zero-order chi connectivity index (χ0) is 30.5. The highest BCUT2D eigenvalue weighted by Crippen LogP contribution is 2.32. The zero-order valence-corrected chi connectivity index (χ0v) is 26.1. The Bertz CT molecular complexity index is 1570. The minimum absolute atomic E-state index is 0.181. The number of anilines is 2. The molecule has 10 heteroatoms. The second kappa shape index (κ2) is 13.8. The van der Waals surface area contributed by atoms with Crippen LogP contribution in [0.1, 0.15) is 25.0 Å². The standard InChI is InChI=1S/C34H42N6O4/c1-23-21-43-17-15-39(23)33-29-10-11-30(36-32(29)37-34(38-33)40-16-18-44-22-24(40)2)26-7-12-31(42-4)27(19-26)20-35-14-13-25-5-8-28(41-3)9-6-25/h5-12,19,23-24,35H,13-18,20-22H2,1-4H3/t23-,24-/m0/s1. The van der Waals surface area contributed by atoms with Gasteiger partial charge >= 0.3 is 0 Å². The van der Waals surface area contributed by atoms with Gasteiger partial charge in [0, 0.05) is 30.8 Å². The van der Waals surface area contributed by atoms with E-state index in [0.717, 1.165) is 65.6 Å². The maximum atomic E-state index is 5.73. The first-order chi connectivity index (χ1) is 21.5. The number of morpholine rings is 2. The van der Waals surface area contributed by atoms with Gasteiger partial charge in [0.05, 0.1) is 63.8 Å². The van der Waals surface area contributed by atoms with Gasteiger partial charge in [-0.1, -0.05) is 12.1 Å². The summed E-state index contributed by atoms with van der Waals surface area (Å²) in [6.07, 6.45) is 0.923. The Hall–Kier alpha value is -3.99. The minimum Gasteiger partial charge on any atom is -0.497 e. The van der Waals surface area contributed by atoms with Crippen LogP contribution in [0.25, 0.3) is 22.3 Å². The third-order valence-corrected chi connectivity index (χ3v) is 8.43. The lowest BCUT2D eigenvalue weighted by molar-refractivity contribution is 0.0973. The lowest BCUT2D eigenvalue weighted by Crippen LogP contribution is -2.46. The van der Waals surface area contributed by atoms with Gasteiger partial charge in [-0.05, 0) is 74.8 Å². The van der Waals surface area contributed by atoms with Gasteiger partial charge in [-0.25, -0.2) is 4.98 Å². The predicted octanol–water partition coefficient (Wildman–Crippen LogP) is 4.49. The van der Waals surface area contributed by atoms with Crippen LogP contribution in [0, 0.1) is 0 Å². The van der Waals surface area contributed by atoms with E-state index in [1.807, 2.05) is 18.2 Å². The molecule has 2 aliphatic rings. The van der Waals surface area contributed by atoms with Crippen molar-refractivity contribution in [1.29, 1.82) is 0 Å². The largest absolute Gasteiger partial charge is 0.497 e. The Morgan fingerprint density at radius 1 is 0.841 bits per heavy atom. The summed E-state index contributed by atoms with van der Waals surface area (Å²) < 4.78 is 22.4. The zero-order valence-electron chi connectivity index (χ0n) is 26.1. The molecule has 0 saturated carbocycles. The van der Waals surface area contributed by atoms with Gasteiger partial charge in [0.15, 0.2) is 5.65 Å². The number of methoxy groups -OCH3 is 2. The molecule has 2 aliphatic heterocycles. The summed E-state index contributed by atoms with van der Waals surface area (Å²) in [7, 11) is 3.40. The van der Waals surface area contributed by atoms with Gasteiger partial charge in [-0.15, -0.1) is 0 Å². The van der Waals surface area contributed by atoms with Gasteiger partial charge in [0.25, 0.3) is 0 Å². The van der Waals surface area contributed by atoms with E-state index < -0.39 is 0 Å². The van der Waals surface area contributed by atoms with Crippen LogP contribution in [-0.4, -0.2) is 87.3 Å². The highest BCUT2D eigenvalue weighted by atomic mass is 16.5. The topological polar surface area (TPSA) is 94.1 Å². The van der Waals surface area contributed by atoms with Gasteiger partial charge in [-0.2, -0.15) is 9.97 Å². The number of hydrogen-bond acceptors (Lipinski definition) is 10. The number of fused-ring (bicyclic) bond motifs is 1. The molecular formula is C34H42N6O4. The Kier molecular flexibility index (Phi) is 9.40. The first-order valence-corrected chi connectivity index (χ1v) is 15.4. The van der Waals surface area contributed by atoms with Crippen LogP contribution >= 0.6 is 0 Å². The number of nitrogens with zero attached hydrogens (tertiary/aromatic N) is 5. The molecule has 1 N–H and O–H groups in total. The molecule has 0 spiro atoms. The Morgan fingerprint density at radius 3 is 2.30 bits per heavy atom. The molecule has 0 unspecified atom stereocenters. The van der Waals surface area contributed by atoms with E-state index in [1.54, 1.807) is 14.2 Å². The molecule has 6 rings (SSSR count). The van der Waals surface area contributed by atoms with E-state index >= 15 is 0 Å². The summed E-state index contributed by atoms with van der Waals surface area (Å²) in [6, 6.07) is 19.0. The van der Waals surface area contributed by atoms with Gasteiger partial charge in [0.2, 0.25) is 5.95 Å². The first kappa shape index (κ1) is 30.1. The number of hydrogen-bond donors (Lipinski definition) is 1. The third-order valence-electron chi connectivity index (χ3n) is 8.43. The van der Waals surface area contributed by atoms with Gasteiger partial charge in [0.1, 0.15) is 17.3 Å². The van der Waals surface area contributed by atoms with Crippen molar-refractivity contribution in [3.63, 3.8) is 0 Å². The van der Waals surface area contributed by atoms with Crippen LogP contribution in [0.15, 0.2) is 54.6 Å². The van der Waals surface area contributed by atoms with E-state index in [4.69, 9.17) is 33.9 Å². The van der Waals surface area contributed by atoms with Crippen molar-refractivity contribution in [1.82, 2.24) is 20.3 Å². The first-order valence-electron chi connectivity index (χ1n) is 15.4. The molecule has 2 atom stereocenters. The Balaban J connectivity index is 1.28. The molecule has 0 bridgehead atoms. The Labute approximate surface area is 259 Å². The van der Waals surface area contributed by atoms with Crippen molar-refractivity contribution in [2.45, 2.75) is 38.9 Å². The van der Waals surface area contributed by atoms with E-state index in [0.29, 0.717) is 44.6 Å². The van der Waals surface area contributed by atoms with Crippen molar-refractivity contribution in [3.8, 4) is 22.8 Å². The van der Waals surface area contributed by atoms with E-state index in [-0.39, 0.29) is 12.1 Å². The van der Waals surface area contributed by atoms with E-state index in [1.165, 1.54) is 5.56 Å². The van der Waals surface area contributed by atoms with Crippen LogP contribution in [0.5, 0.6) is 11.5 Å². The fraction of sp³-hybridized carbons (Fsp3) is 0.441. The lowest BCUT2D eigenvalue weighted by Gasteiger charge is -2.37. The van der Waals surface area contributed by atoms with Crippen molar-refractivity contribution < 1.29 is 18.9 Å². The summed E-state index contributed by atoms with van der Waals surface area (Å²) >= 11 is 0. The summed E-state index contributed by atoms with van der Waals surface area (Å²) in [6.45, 7) is 10.0. The molecule has 4 heterocycles. The second-order valence-electron chi connectivity index (χ2n) is 11.5. The van der Waals surface area contributed by atoms with Crippen LogP contribution in [0.4, 0.5) is 11.8 Å². The molecule has 2 fully saturated rings. The lowest BCUT2D eigenvalue weighted by atomic mass is 10.1. The number of pyridine rings is 1. The van der Waals surface area contributed by atoms with Crippen LogP contribution in [0.3, 0.4) is 0 Å².